The summed E-state index contributed by atoms with van der Waals surface area (Å²) in [6, 6.07) is 45.7. The van der Waals surface area contributed by atoms with Gasteiger partial charge < -0.3 is 8.97 Å². The maximum Gasteiger partial charge on any atom is 0.137 e. The number of aromatic nitrogens is 3. The fraction of sp³-hybridized carbons (Fsp3) is 0. The standard InChI is InChI=1S/C37H23N3/c1-2-12-24(13-3-1)40-33-19-9-8-18-29(33)35-28-17-7-5-15-26(28)31-22-30(32-23-39-21-11-10-20-34(39)38-32)25-14-4-6-16-27(25)36(31)37(35)40/h1-23H. The van der Waals surface area contributed by atoms with E-state index in [2.05, 4.69) is 137 Å². The van der Waals surface area contributed by atoms with Crippen LogP contribution in [0.2, 0.25) is 0 Å². The third kappa shape index (κ3) is 2.86. The summed E-state index contributed by atoms with van der Waals surface area (Å²) in [5, 5.41) is 10.1. The number of pyridine rings is 1. The number of nitrogens with zero attached hydrogens (tertiary/aromatic N) is 3. The summed E-state index contributed by atoms with van der Waals surface area (Å²) in [5.74, 6) is 0. The number of rotatable bonds is 2. The van der Waals surface area contributed by atoms with Crippen molar-refractivity contribution in [1.82, 2.24) is 14.0 Å². The lowest BCUT2D eigenvalue weighted by molar-refractivity contribution is 1.19. The third-order valence-corrected chi connectivity index (χ3v) is 8.30. The van der Waals surface area contributed by atoms with E-state index in [-0.39, 0.29) is 0 Å². The van der Waals surface area contributed by atoms with Crippen molar-refractivity contribution in [1.29, 1.82) is 0 Å². The largest absolute Gasteiger partial charge is 0.309 e. The molecule has 186 valence electrons. The lowest BCUT2D eigenvalue weighted by Crippen LogP contribution is -1.95. The minimum absolute atomic E-state index is 0.950. The Balaban J connectivity index is 1.57. The van der Waals surface area contributed by atoms with Gasteiger partial charge in [0.15, 0.2) is 0 Å². The second-order valence-corrected chi connectivity index (χ2v) is 10.4. The van der Waals surface area contributed by atoms with E-state index in [9.17, 15) is 0 Å². The van der Waals surface area contributed by atoms with E-state index in [1.54, 1.807) is 0 Å². The fourth-order valence-electron chi connectivity index (χ4n) is 6.65. The fourth-order valence-corrected chi connectivity index (χ4v) is 6.65. The van der Waals surface area contributed by atoms with E-state index in [1.165, 1.54) is 59.8 Å². The van der Waals surface area contributed by atoms with Crippen LogP contribution in [0, 0.1) is 0 Å². The Hall–Kier alpha value is -5.41. The second kappa shape index (κ2) is 8.05. The van der Waals surface area contributed by atoms with E-state index in [0.29, 0.717) is 0 Å². The zero-order valence-corrected chi connectivity index (χ0v) is 21.6. The van der Waals surface area contributed by atoms with Crippen LogP contribution in [0.3, 0.4) is 0 Å². The molecule has 0 aliphatic heterocycles. The van der Waals surface area contributed by atoms with Gasteiger partial charge in [0.25, 0.3) is 0 Å². The van der Waals surface area contributed by atoms with Crippen LogP contribution < -0.4 is 0 Å². The summed E-state index contributed by atoms with van der Waals surface area (Å²) >= 11 is 0. The van der Waals surface area contributed by atoms with Crippen molar-refractivity contribution < 1.29 is 0 Å². The van der Waals surface area contributed by atoms with E-state index < -0.39 is 0 Å². The molecule has 9 rings (SSSR count). The second-order valence-electron chi connectivity index (χ2n) is 10.4. The Kier molecular flexibility index (Phi) is 4.33. The zero-order valence-electron chi connectivity index (χ0n) is 21.6. The molecule has 0 spiro atoms. The van der Waals surface area contributed by atoms with Crippen LogP contribution in [-0.4, -0.2) is 14.0 Å². The van der Waals surface area contributed by atoms with Gasteiger partial charge in [0.05, 0.1) is 16.7 Å². The Morgan fingerprint density at radius 1 is 0.500 bits per heavy atom. The molecule has 0 fully saturated rings. The number of imidazole rings is 1. The summed E-state index contributed by atoms with van der Waals surface area (Å²) in [6.45, 7) is 0. The molecule has 6 aromatic carbocycles. The van der Waals surface area contributed by atoms with Crippen molar-refractivity contribution in [2.45, 2.75) is 0 Å². The average Bonchev–Trinajstić information content (AvgIpc) is 3.61. The van der Waals surface area contributed by atoms with Crippen LogP contribution in [0.15, 0.2) is 140 Å². The predicted octanol–water partition coefficient (Wildman–Crippen LogP) is 9.56. The molecule has 0 atom stereocenters. The smallest absolute Gasteiger partial charge is 0.137 e. The number of para-hydroxylation sites is 2. The van der Waals surface area contributed by atoms with Crippen molar-refractivity contribution in [2.75, 3.05) is 0 Å². The molecule has 0 amide bonds. The molecular weight excluding hydrogens is 486 g/mol. The van der Waals surface area contributed by atoms with Gasteiger partial charge in [-0.25, -0.2) is 4.98 Å². The van der Waals surface area contributed by atoms with Gasteiger partial charge in [-0.15, -0.1) is 0 Å². The molecule has 3 nitrogen and oxygen atoms in total. The SMILES string of the molecule is c1ccc(-n2c3ccccc3c3c4ccccc4c4cc(-c5cn6ccccc6n5)c5ccccc5c4c32)cc1. The summed E-state index contributed by atoms with van der Waals surface area (Å²) in [4.78, 5) is 5.04. The Morgan fingerprint density at radius 3 is 1.93 bits per heavy atom. The third-order valence-electron chi connectivity index (χ3n) is 8.30. The van der Waals surface area contributed by atoms with Crippen LogP contribution in [-0.2, 0) is 0 Å². The molecule has 0 saturated heterocycles. The van der Waals surface area contributed by atoms with Crippen molar-refractivity contribution >= 4 is 59.8 Å². The summed E-state index contributed by atoms with van der Waals surface area (Å²) in [6.07, 6.45) is 4.21. The molecule has 3 heteroatoms. The molecule has 9 aromatic rings. The number of hydrogen-bond donors (Lipinski definition) is 0. The van der Waals surface area contributed by atoms with Crippen LogP contribution in [0.5, 0.6) is 0 Å². The molecule has 0 radical (unpaired) electrons. The maximum atomic E-state index is 5.04. The first-order valence-corrected chi connectivity index (χ1v) is 13.7. The lowest BCUT2D eigenvalue weighted by atomic mass is 9.90. The highest BCUT2D eigenvalue weighted by atomic mass is 15.0. The minimum atomic E-state index is 0.950. The average molecular weight is 510 g/mol. The monoisotopic (exact) mass is 509 g/mol. The lowest BCUT2D eigenvalue weighted by Gasteiger charge is -2.16. The maximum absolute atomic E-state index is 5.04. The molecule has 0 aliphatic carbocycles. The van der Waals surface area contributed by atoms with Crippen LogP contribution in [0.4, 0.5) is 0 Å². The molecule has 0 saturated carbocycles. The molecule has 3 aromatic heterocycles. The first-order valence-electron chi connectivity index (χ1n) is 13.7. The molecule has 3 heterocycles. The Morgan fingerprint density at radius 2 is 1.12 bits per heavy atom. The van der Waals surface area contributed by atoms with E-state index >= 15 is 0 Å². The van der Waals surface area contributed by atoms with Gasteiger partial charge in [-0.1, -0.05) is 91.0 Å². The predicted molar refractivity (Wildman–Crippen MR) is 167 cm³/mol. The summed E-state index contributed by atoms with van der Waals surface area (Å²) in [5.41, 5.74) is 6.72. The van der Waals surface area contributed by atoms with Crippen LogP contribution >= 0.6 is 0 Å². The summed E-state index contributed by atoms with van der Waals surface area (Å²) < 4.78 is 4.55. The first-order chi connectivity index (χ1) is 19.9. The van der Waals surface area contributed by atoms with Crippen molar-refractivity contribution in [3.05, 3.63) is 140 Å². The van der Waals surface area contributed by atoms with Crippen molar-refractivity contribution in [2.24, 2.45) is 0 Å². The quantitative estimate of drug-likeness (QED) is 0.213. The van der Waals surface area contributed by atoms with Gasteiger partial charge in [-0.05, 0) is 63.3 Å². The molecule has 0 unspecified atom stereocenters. The van der Waals surface area contributed by atoms with E-state index in [0.717, 1.165) is 16.9 Å². The highest BCUT2D eigenvalue weighted by molar-refractivity contribution is 6.37. The van der Waals surface area contributed by atoms with E-state index in [4.69, 9.17) is 4.98 Å². The van der Waals surface area contributed by atoms with Gasteiger partial charge in [0.2, 0.25) is 0 Å². The number of hydrogen-bond acceptors (Lipinski definition) is 1. The minimum Gasteiger partial charge on any atom is -0.309 e. The molecule has 40 heavy (non-hydrogen) atoms. The number of fused-ring (bicyclic) bond motifs is 11. The Labute approximate surface area is 230 Å². The van der Waals surface area contributed by atoms with Gasteiger partial charge in [-0.2, -0.15) is 0 Å². The molecular formula is C37H23N3. The number of benzene rings is 6. The van der Waals surface area contributed by atoms with Crippen molar-refractivity contribution in [3.8, 4) is 16.9 Å². The first kappa shape index (κ1) is 21.5. The van der Waals surface area contributed by atoms with Gasteiger partial charge >= 0.3 is 0 Å². The van der Waals surface area contributed by atoms with Gasteiger partial charge in [0, 0.05) is 39.8 Å². The van der Waals surface area contributed by atoms with Crippen LogP contribution in [0.25, 0.3) is 76.7 Å². The van der Waals surface area contributed by atoms with Gasteiger partial charge in [0.1, 0.15) is 5.65 Å². The highest BCUT2D eigenvalue weighted by Gasteiger charge is 2.22. The molecule has 0 N–H and O–H groups in total. The zero-order chi connectivity index (χ0) is 26.2. The topological polar surface area (TPSA) is 22.2 Å². The highest BCUT2D eigenvalue weighted by Crippen LogP contribution is 2.46. The van der Waals surface area contributed by atoms with Crippen molar-refractivity contribution in [3.63, 3.8) is 0 Å². The van der Waals surface area contributed by atoms with E-state index in [1.807, 2.05) is 12.1 Å². The molecule has 0 aliphatic rings. The normalized spacial score (nSPS) is 12.0. The summed E-state index contributed by atoms with van der Waals surface area (Å²) in [7, 11) is 0. The Bertz CT molecular complexity index is 2390. The molecule has 0 bridgehead atoms. The van der Waals surface area contributed by atoms with Crippen LogP contribution in [0.1, 0.15) is 0 Å². The van der Waals surface area contributed by atoms with Gasteiger partial charge in [-0.3, -0.25) is 0 Å².